The third-order valence-electron chi connectivity index (χ3n) is 3.70. The molecular formula is C15H23N5O2. The molecule has 7 nitrogen and oxygen atoms in total. The number of nitrogens with two attached hydrogens (primary N) is 1. The average Bonchev–Trinajstić information content (AvgIpc) is 2.46. The molecule has 0 aliphatic carbocycles. The van der Waals surface area contributed by atoms with Gasteiger partial charge in [-0.3, -0.25) is 9.59 Å². The number of carbonyl (C=O) groups is 2. The van der Waals surface area contributed by atoms with Gasteiger partial charge >= 0.3 is 0 Å². The molecule has 0 radical (unpaired) electrons. The summed E-state index contributed by atoms with van der Waals surface area (Å²) in [5, 5.41) is 2.91. The van der Waals surface area contributed by atoms with E-state index in [0.29, 0.717) is 13.1 Å². The van der Waals surface area contributed by atoms with Gasteiger partial charge in [-0.1, -0.05) is 20.8 Å². The number of aromatic nitrogens is 2. The Balaban J connectivity index is 1.89. The Kier molecular flexibility index (Phi) is 4.63. The van der Waals surface area contributed by atoms with Crippen LogP contribution in [0.2, 0.25) is 0 Å². The number of nitrogen functional groups attached to an aromatic ring is 1. The van der Waals surface area contributed by atoms with Crippen molar-refractivity contribution in [2.24, 2.45) is 5.41 Å². The number of anilines is 1. The molecule has 1 aliphatic rings. The van der Waals surface area contributed by atoms with Gasteiger partial charge in [0.15, 0.2) is 11.5 Å². The van der Waals surface area contributed by atoms with Crippen LogP contribution >= 0.6 is 0 Å². The molecule has 2 heterocycles. The van der Waals surface area contributed by atoms with Gasteiger partial charge < -0.3 is 16.0 Å². The first-order chi connectivity index (χ1) is 10.3. The number of hydrogen-bond acceptors (Lipinski definition) is 5. The van der Waals surface area contributed by atoms with Gasteiger partial charge in [0, 0.05) is 36.9 Å². The van der Waals surface area contributed by atoms with Crippen LogP contribution in [0.5, 0.6) is 0 Å². The molecule has 0 bridgehead atoms. The second-order valence-electron chi connectivity index (χ2n) is 6.58. The minimum atomic E-state index is -0.371. The molecule has 2 amide bonds. The van der Waals surface area contributed by atoms with Crippen LogP contribution < -0.4 is 11.1 Å². The third-order valence-corrected chi connectivity index (χ3v) is 3.70. The molecule has 120 valence electrons. The second-order valence-corrected chi connectivity index (χ2v) is 6.58. The van der Waals surface area contributed by atoms with Crippen molar-refractivity contribution in [2.45, 2.75) is 39.7 Å². The van der Waals surface area contributed by atoms with Crippen molar-refractivity contribution in [1.29, 1.82) is 0 Å². The number of rotatable bonds is 2. The lowest BCUT2D eigenvalue weighted by Gasteiger charge is -2.35. The number of carbonyl (C=O) groups excluding carboxylic acids is 2. The summed E-state index contributed by atoms with van der Waals surface area (Å²) in [5.41, 5.74) is 5.43. The fourth-order valence-corrected chi connectivity index (χ4v) is 2.48. The summed E-state index contributed by atoms with van der Waals surface area (Å²) in [6.45, 7) is 7.05. The van der Waals surface area contributed by atoms with E-state index in [-0.39, 0.29) is 34.8 Å². The molecule has 0 saturated carbocycles. The van der Waals surface area contributed by atoms with Crippen LogP contribution in [0.1, 0.15) is 44.1 Å². The lowest BCUT2D eigenvalue weighted by Crippen LogP contribution is -2.49. The summed E-state index contributed by atoms with van der Waals surface area (Å²) < 4.78 is 0. The molecule has 1 aromatic rings. The summed E-state index contributed by atoms with van der Waals surface area (Å²) in [7, 11) is 0. The molecule has 0 aromatic carbocycles. The van der Waals surface area contributed by atoms with E-state index in [1.54, 1.807) is 0 Å². The molecular weight excluding hydrogens is 282 g/mol. The normalized spacial score (nSPS) is 16.4. The lowest BCUT2D eigenvalue weighted by molar-refractivity contribution is -0.140. The first kappa shape index (κ1) is 16.2. The van der Waals surface area contributed by atoms with E-state index >= 15 is 0 Å². The highest BCUT2D eigenvalue weighted by atomic mass is 16.2. The highest BCUT2D eigenvalue weighted by Crippen LogP contribution is 2.21. The van der Waals surface area contributed by atoms with Crippen LogP contribution in [0, 0.1) is 5.41 Å². The standard InChI is InChI=1S/C15H23N5O2/c1-15(2,3)14(22)20-8-4-10(5-9-20)19-13(21)11-12(16)18-7-6-17-11/h6-7,10H,4-5,8-9H2,1-3H3,(H2,16,18)(H,19,21). The van der Waals surface area contributed by atoms with Crippen LogP contribution in [0.15, 0.2) is 12.4 Å². The van der Waals surface area contributed by atoms with E-state index in [9.17, 15) is 9.59 Å². The second kappa shape index (κ2) is 6.29. The Morgan fingerprint density at radius 2 is 1.82 bits per heavy atom. The molecule has 22 heavy (non-hydrogen) atoms. The number of hydrogen-bond donors (Lipinski definition) is 2. The van der Waals surface area contributed by atoms with Gasteiger partial charge in [0.25, 0.3) is 5.91 Å². The topological polar surface area (TPSA) is 101 Å². The summed E-state index contributed by atoms with van der Waals surface area (Å²) in [6.07, 6.45) is 4.35. The van der Waals surface area contributed by atoms with Crippen molar-refractivity contribution in [1.82, 2.24) is 20.2 Å². The summed E-state index contributed by atoms with van der Waals surface area (Å²) in [4.78, 5) is 34.0. The third kappa shape index (κ3) is 3.72. The predicted molar refractivity (Wildman–Crippen MR) is 83.0 cm³/mol. The maximum absolute atomic E-state index is 12.2. The minimum Gasteiger partial charge on any atom is -0.382 e. The summed E-state index contributed by atoms with van der Waals surface area (Å²) in [5.74, 6) is -0.0398. The Morgan fingerprint density at radius 3 is 2.36 bits per heavy atom. The SMILES string of the molecule is CC(C)(C)C(=O)N1CCC(NC(=O)c2nccnc2N)CC1. The number of nitrogens with zero attached hydrogens (tertiary/aromatic N) is 3. The van der Waals surface area contributed by atoms with Gasteiger partial charge in [0.2, 0.25) is 5.91 Å². The maximum atomic E-state index is 12.2. The number of likely N-dealkylation sites (tertiary alicyclic amines) is 1. The Bertz CT molecular complexity index is 559. The van der Waals surface area contributed by atoms with Gasteiger partial charge in [-0.15, -0.1) is 0 Å². The summed E-state index contributed by atoms with van der Waals surface area (Å²) >= 11 is 0. The molecule has 3 N–H and O–H groups in total. The minimum absolute atomic E-state index is 0.0259. The molecule has 1 saturated heterocycles. The van der Waals surface area contributed by atoms with Crippen molar-refractivity contribution < 1.29 is 9.59 Å². The lowest BCUT2D eigenvalue weighted by atomic mass is 9.93. The van der Waals surface area contributed by atoms with Crippen LogP contribution in [0.3, 0.4) is 0 Å². The highest BCUT2D eigenvalue weighted by Gasteiger charge is 2.31. The van der Waals surface area contributed by atoms with E-state index in [4.69, 9.17) is 5.73 Å². The van der Waals surface area contributed by atoms with Crippen molar-refractivity contribution in [3.8, 4) is 0 Å². The van der Waals surface area contributed by atoms with E-state index < -0.39 is 0 Å². The molecule has 2 rings (SSSR count). The Labute approximate surface area is 130 Å². The maximum Gasteiger partial charge on any atom is 0.273 e. The fourth-order valence-electron chi connectivity index (χ4n) is 2.48. The molecule has 0 atom stereocenters. The van der Waals surface area contributed by atoms with E-state index in [1.165, 1.54) is 12.4 Å². The van der Waals surface area contributed by atoms with Crippen molar-refractivity contribution in [3.63, 3.8) is 0 Å². The van der Waals surface area contributed by atoms with Crippen molar-refractivity contribution in [3.05, 3.63) is 18.1 Å². The van der Waals surface area contributed by atoms with Gasteiger partial charge in [-0.25, -0.2) is 9.97 Å². The molecule has 7 heteroatoms. The van der Waals surface area contributed by atoms with Gasteiger partial charge in [0.05, 0.1) is 0 Å². The van der Waals surface area contributed by atoms with E-state index in [0.717, 1.165) is 12.8 Å². The van der Waals surface area contributed by atoms with Crippen molar-refractivity contribution >= 4 is 17.6 Å². The molecule has 1 aromatic heterocycles. The average molecular weight is 305 g/mol. The van der Waals surface area contributed by atoms with E-state index in [2.05, 4.69) is 15.3 Å². The molecule has 1 aliphatic heterocycles. The Morgan fingerprint density at radius 1 is 1.23 bits per heavy atom. The van der Waals surface area contributed by atoms with Crippen LogP contribution in [-0.2, 0) is 4.79 Å². The zero-order valence-corrected chi connectivity index (χ0v) is 13.3. The van der Waals surface area contributed by atoms with Gasteiger partial charge in [0.1, 0.15) is 0 Å². The first-order valence-electron chi connectivity index (χ1n) is 7.46. The monoisotopic (exact) mass is 305 g/mol. The zero-order valence-electron chi connectivity index (χ0n) is 13.3. The molecule has 0 spiro atoms. The molecule has 0 unspecified atom stereocenters. The smallest absolute Gasteiger partial charge is 0.273 e. The first-order valence-corrected chi connectivity index (χ1v) is 7.46. The predicted octanol–water partition coefficient (Wildman–Crippen LogP) is 0.826. The number of amides is 2. The van der Waals surface area contributed by atoms with Crippen molar-refractivity contribution in [2.75, 3.05) is 18.8 Å². The van der Waals surface area contributed by atoms with E-state index in [1.807, 2.05) is 25.7 Å². The number of piperidine rings is 1. The van der Waals surface area contributed by atoms with Gasteiger partial charge in [-0.2, -0.15) is 0 Å². The fraction of sp³-hybridized carbons (Fsp3) is 0.600. The number of nitrogens with one attached hydrogen (secondary N) is 1. The quantitative estimate of drug-likeness (QED) is 0.842. The van der Waals surface area contributed by atoms with Crippen LogP contribution in [-0.4, -0.2) is 45.8 Å². The van der Waals surface area contributed by atoms with Crippen LogP contribution in [0.4, 0.5) is 5.82 Å². The largest absolute Gasteiger partial charge is 0.382 e. The van der Waals surface area contributed by atoms with Gasteiger partial charge in [-0.05, 0) is 12.8 Å². The Hall–Kier alpha value is -2.18. The summed E-state index contributed by atoms with van der Waals surface area (Å²) in [6, 6.07) is 0.0259. The molecule has 1 fully saturated rings. The van der Waals surface area contributed by atoms with Crippen LogP contribution in [0.25, 0.3) is 0 Å². The zero-order chi connectivity index (χ0) is 16.3. The highest BCUT2D eigenvalue weighted by molar-refractivity contribution is 5.96.